The van der Waals surface area contributed by atoms with Gasteiger partial charge in [-0.25, -0.2) is 9.97 Å². The molecule has 0 spiro atoms. The molecule has 1 aliphatic heterocycles. The number of methoxy groups -OCH3 is 1. The Morgan fingerprint density at radius 3 is 2.62 bits per heavy atom. The Balaban J connectivity index is 1.14. The molecular weight excluding hydrogens is 532 g/mol. The number of anilines is 1. The van der Waals surface area contributed by atoms with Crippen LogP contribution in [0.3, 0.4) is 0 Å². The molecule has 1 saturated heterocycles. The van der Waals surface area contributed by atoms with Crippen molar-refractivity contribution in [3.05, 3.63) is 84.9 Å². The molecule has 208 valence electrons. The number of nitrogens with one attached hydrogen (secondary N) is 2. The van der Waals surface area contributed by atoms with Crippen molar-refractivity contribution in [2.45, 2.75) is 0 Å². The summed E-state index contributed by atoms with van der Waals surface area (Å²) in [4.78, 5) is 47.4. The predicted molar refractivity (Wildman–Crippen MR) is 158 cm³/mol. The van der Waals surface area contributed by atoms with Gasteiger partial charge in [-0.05, 0) is 35.7 Å². The smallest absolute Gasteiger partial charge is 0.295 e. The number of benzene rings is 2. The van der Waals surface area contributed by atoms with Gasteiger partial charge in [0, 0.05) is 67.5 Å². The van der Waals surface area contributed by atoms with E-state index in [2.05, 4.69) is 47.2 Å². The van der Waals surface area contributed by atoms with Gasteiger partial charge in [0.05, 0.1) is 23.6 Å². The quantitative estimate of drug-likeness (QED) is 0.231. The maximum atomic E-state index is 13.6. The van der Waals surface area contributed by atoms with Crippen LogP contribution in [0.1, 0.15) is 10.4 Å². The van der Waals surface area contributed by atoms with Crippen LogP contribution in [0.5, 0.6) is 5.75 Å². The largest absolute Gasteiger partial charge is 0.496 e. The van der Waals surface area contributed by atoms with Crippen LogP contribution >= 0.6 is 0 Å². The van der Waals surface area contributed by atoms with Crippen LogP contribution in [0, 0.1) is 0 Å². The summed E-state index contributed by atoms with van der Waals surface area (Å²) < 4.78 is 5.60. The SMILES string of the molecule is COc1ccc(-c2nc(-c3cccnc3)n[nH]2)c2[nH]cc(C(=O)C(=O)N3CCN(c4nccc5ccccc45)CC3)c12. The van der Waals surface area contributed by atoms with Gasteiger partial charge in [-0.2, -0.15) is 5.10 Å². The molecule has 6 aromatic rings. The average Bonchev–Trinajstić information content (AvgIpc) is 3.73. The van der Waals surface area contributed by atoms with Crippen molar-refractivity contribution >= 4 is 39.2 Å². The first-order valence-electron chi connectivity index (χ1n) is 13.6. The molecule has 5 heterocycles. The van der Waals surface area contributed by atoms with E-state index in [1.165, 1.54) is 7.11 Å². The van der Waals surface area contributed by atoms with E-state index < -0.39 is 11.7 Å². The zero-order valence-electron chi connectivity index (χ0n) is 22.7. The number of H-pyrrole nitrogens is 2. The van der Waals surface area contributed by atoms with E-state index in [1.807, 2.05) is 36.4 Å². The Morgan fingerprint density at radius 2 is 1.81 bits per heavy atom. The van der Waals surface area contributed by atoms with Gasteiger partial charge in [0.15, 0.2) is 11.6 Å². The van der Waals surface area contributed by atoms with Crippen molar-refractivity contribution in [3.8, 4) is 28.5 Å². The number of carbonyl (C=O) groups is 2. The van der Waals surface area contributed by atoms with E-state index in [0.29, 0.717) is 60.0 Å². The Kier molecular flexibility index (Phi) is 6.31. The van der Waals surface area contributed by atoms with Gasteiger partial charge in [0.25, 0.3) is 11.7 Å². The summed E-state index contributed by atoms with van der Waals surface area (Å²) in [6.07, 6.45) is 6.73. The van der Waals surface area contributed by atoms with Crippen molar-refractivity contribution in [3.63, 3.8) is 0 Å². The van der Waals surface area contributed by atoms with Gasteiger partial charge in [0.1, 0.15) is 11.6 Å². The number of rotatable bonds is 6. The third kappa shape index (κ3) is 4.31. The summed E-state index contributed by atoms with van der Waals surface area (Å²) in [5, 5.41) is 10.0. The van der Waals surface area contributed by atoms with Gasteiger partial charge in [-0.1, -0.05) is 24.3 Å². The Morgan fingerprint density at radius 1 is 0.952 bits per heavy atom. The maximum Gasteiger partial charge on any atom is 0.295 e. The lowest BCUT2D eigenvalue weighted by atomic mass is 10.0. The second kappa shape index (κ2) is 10.4. The number of ketones is 1. The standard InChI is InChI=1S/C31H26N8O3/c1-42-24-9-8-22(29-35-28(36-37-29)20-6-4-11-32-17-20)26-25(24)23(18-34-26)27(40)31(41)39-15-13-38(14-16-39)30-21-7-3-2-5-19(21)10-12-33-30/h2-12,17-18,34H,13-16H2,1H3,(H,35,36,37). The Bertz CT molecular complexity index is 1940. The summed E-state index contributed by atoms with van der Waals surface area (Å²) in [5.41, 5.74) is 2.33. The third-order valence-corrected chi connectivity index (χ3v) is 7.64. The highest BCUT2D eigenvalue weighted by atomic mass is 16.5. The first kappa shape index (κ1) is 25.4. The van der Waals surface area contributed by atoms with Crippen molar-refractivity contribution < 1.29 is 14.3 Å². The predicted octanol–water partition coefficient (Wildman–Crippen LogP) is 4.10. The van der Waals surface area contributed by atoms with Crippen LogP contribution in [0.15, 0.2) is 79.4 Å². The highest BCUT2D eigenvalue weighted by Gasteiger charge is 2.30. The number of carbonyl (C=O) groups excluding carboxylic acids is 2. The molecule has 0 saturated carbocycles. The molecule has 0 unspecified atom stereocenters. The number of Topliss-reactive ketones (excluding diaryl/α,β-unsaturated/α-hetero) is 1. The van der Waals surface area contributed by atoms with E-state index in [4.69, 9.17) is 4.74 Å². The molecule has 11 heteroatoms. The molecule has 1 fully saturated rings. The number of aromatic amines is 2. The third-order valence-electron chi connectivity index (χ3n) is 7.64. The van der Waals surface area contributed by atoms with Crippen molar-refractivity contribution in [1.29, 1.82) is 0 Å². The second-order valence-corrected chi connectivity index (χ2v) is 9.98. The molecule has 4 aromatic heterocycles. The molecule has 0 radical (unpaired) electrons. The number of aromatic nitrogens is 6. The minimum Gasteiger partial charge on any atom is -0.496 e. The monoisotopic (exact) mass is 558 g/mol. The number of fused-ring (bicyclic) bond motifs is 2. The van der Waals surface area contributed by atoms with Gasteiger partial charge in [-0.3, -0.25) is 19.7 Å². The zero-order chi connectivity index (χ0) is 28.6. The highest BCUT2D eigenvalue weighted by molar-refractivity contribution is 6.45. The summed E-state index contributed by atoms with van der Waals surface area (Å²) in [6, 6.07) is 17.4. The molecule has 0 aliphatic carbocycles. The minimum atomic E-state index is -0.595. The fourth-order valence-corrected chi connectivity index (χ4v) is 5.51. The normalized spacial score (nSPS) is 13.5. The van der Waals surface area contributed by atoms with Crippen molar-refractivity contribution in [1.82, 2.24) is 35.0 Å². The molecule has 0 bridgehead atoms. The van der Waals surface area contributed by atoms with Crippen molar-refractivity contribution in [2.75, 3.05) is 38.2 Å². The molecule has 11 nitrogen and oxygen atoms in total. The molecule has 1 amide bonds. The molecule has 7 rings (SSSR count). The molecule has 42 heavy (non-hydrogen) atoms. The number of hydrogen-bond acceptors (Lipinski definition) is 8. The number of hydrogen-bond donors (Lipinski definition) is 2. The Labute approximate surface area is 240 Å². The molecular formula is C31H26N8O3. The summed E-state index contributed by atoms with van der Waals surface area (Å²) in [6.45, 7) is 1.98. The molecule has 2 aromatic carbocycles. The number of amides is 1. The number of pyridine rings is 2. The van der Waals surface area contributed by atoms with Crippen LogP contribution in [0.2, 0.25) is 0 Å². The highest BCUT2D eigenvalue weighted by Crippen LogP contribution is 2.36. The van der Waals surface area contributed by atoms with Gasteiger partial charge < -0.3 is 19.5 Å². The summed E-state index contributed by atoms with van der Waals surface area (Å²) >= 11 is 0. The number of piperazine rings is 1. The van der Waals surface area contributed by atoms with E-state index in [9.17, 15) is 9.59 Å². The lowest BCUT2D eigenvalue weighted by molar-refractivity contribution is -0.126. The van der Waals surface area contributed by atoms with Crippen LogP contribution in [-0.4, -0.2) is 80.0 Å². The van der Waals surface area contributed by atoms with Gasteiger partial charge in [0.2, 0.25) is 0 Å². The number of ether oxygens (including phenoxy) is 1. The second-order valence-electron chi connectivity index (χ2n) is 9.98. The summed E-state index contributed by atoms with van der Waals surface area (Å²) in [7, 11) is 1.53. The molecule has 2 N–H and O–H groups in total. The van der Waals surface area contributed by atoms with Crippen molar-refractivity contribution in [2.24, 2.45) is 0 Å². The first-order valence-corrected chi connectivity index (χ1v) is 13.6. The average molecular weight is 559 g/mol. The zero-order valence-corrected chi connectivity index (χ0v) is 22.7. The minimum absolute atomic E-state index is 0.249. The lowest BCUT2D eigenvalue weighted by Crippen LogP contribution is -2.50. The van der Waals surface area contributed by atoms with E-state index in [0.717, 1.165) is 22.2 Å². The lowest BCUT2D eigenvalue weighted by Gasteiger charge is -2.35. The van der Waals surface area contributed by atoms with E-state index in [1.54, 1.807) is 35.8 Å². The van der Waals surface area contributed by atoms with Crippen LogP contribution in [0.4, 0.5) is 5.82 Å². The summed E-state index contributed by atoms with van der Waals surface area (Å²) in [5.74, 6) is 1.23. The van der Waals surface area contributed by atoms with E-state index >= 15 is 0 Å². The fraction of sp³-hybridized carbons (Fsp3) is 0.161. The van der Waals surface area contributed by atoms with Crippen LogP contribution in [0.25, 0.3) is 44.5 Å². The van der Waals surface area contributed by atoms with E-state index in [-0.39, 0.29) is 5.56 Å². The van der Waals surface area contributed by atoms with Gasteiger partial charge in [-0.15, -0.1) is 0 Å². The van der Waals surface area contributed by atoms with Crippen LogP contribution < -0.4 is 9.64 Å². The topological polar surface area (TPSA) is 133 Å². The molecule has 1 aliphatic rings. The Hall–Kier alpha value is -5.58. The maximum absolute atomic E-state index is 13.6. The van der Waals surface area contributed by atoms with Crippen LogP contribution in [-0.2, 0) is 4.79 Å². The van der Waals surface area contributed by atoms with Gasteiger partial charge >= 0.3 is 0 Å². The number of nitrogens with zero attached hydrogens (tertiary/aromatic N) is 6. The first-order chi connectivity index (χ1) is 20.6. The molecule has 0 atom stereocenters. The fourth-order valence-electron chi connectivity index (χ4n) is 5.51.